The summed E-state index contributed by atoms with van der Waals surface area (Å²) in [6.07, 6.45) is -10.7. The highest BCUT2D eigenvalue weighted by Crippen LogP contribution is 2.42. The van der Waals surface area contributed by atoms with Crippen LogP contribution in [0.15, 0.2) is 52.9 Å². The molecule has 0 atom stereocenters. The Morgan fingerprint density at radius 3 is 2.28 bits per heavy atom. The number of nitrogens with one attached hydrogen (secondary N) is 2. The van der Waals surface area contributed by atoms with Crippen LogP contribution in [0.25, 0.3) is 33.4 Å². The Hall–Kier alpha value is -4.02. The molecular weight excluding hydrogens is 526 g/mol. The fourth-order valence-corrected chi connectivity index (χ4v) is 4.44. The van der Waals surface area contributed by atoms with E-state index in [4.69, 9.17) is 4.42 Å². The van der Waals surface area contributed by atoms with Crippen LogP contribution in [-0.2, 0) is 0 Å². The summed E-state index contributed by atoms with van der Waals surface area (Å²) >= 11 is 0. The summed E-state index contributed by atoms with van der Waals surface area (Å²) in [5.74, 6) is -0.889. The fraction of sp³-hybridized carbons (Fsp3) is 0.286. The Morgan fingerprint density at radius 2 is 1.62 bits per heavy atom. The first-order valence-electron chi connectivity index (χ1n) is 12.0. The molecule has 1 heterocycles. The van der Waals surface area contributed by atoms with Crippen molar-refractivity contribution in [2.24, 2.45) is 0 Å². The lowest BCUT2D eigenvalue weighted by Gasteiger charge is -2.19. The van der Waals surface area contributed by atoms with Gasteiger partial charge in [0.15, 0.2) is 0 Å². The van der Waals surface area contributed by atoms with Crippen LogP contribution < -0.4 is 15.7 Å². The highest BCUT2D eigenvalue weighted by molar-refractivity contribution is 6.08. The number of aromatic carboxylic acids is 1. The quantitative estimate of drug-likeness (QED) is 0.200. The maximum absolute atomic E-state index is 12.7. The van der Waals surface area contributed by atoms with E-state index in [0.717, 1.165) is 0 Å². The molecule has 0 radical (unpaired) electrons. The van der Waals surface area contributed by atoms with E-state index in [-0.39, 0.29) is 30.0 Å². The van der Waals surface area contributed by atoms with E-state index in [9.17, 15) is 36.2 Å². The van der Waals surface area contributed by atoms with Crippen LogP contribution in [0.2, 0.25) is 0 Å². The third-order valence-corrected chi connectivity index (χ3v) is 6.29. The van der Waals surface area contributed by atoms with Crippen molar-refractivity contribution in [3.63, 3.8) is 0 Å². The van der Waals surface area contributed by atoms with E-state index in [0.29, 0.717) is 44.2 Å². The predicted octanol–water partition coefficient (Wildman–Crippen LogP) is 5.82. The summed E-state index contributed by atoms with van der Waals surface area (Å²) in [4.78, 5) is 14.8. The number of anilines is 1. The van der Waals surface area contributed by atoms with Gasteiger partial charge in [-0.1, -0.05) is 18.2 Å². The predicted molar refractivity (Wildman–Crippen MR) is 134 cm³/mol. The molecule has 206 valence electrons. The summed E-state index contributed by atoms with van der Waals surface area (Å²) in [6.45, 7) is 2.71. The largest absolute Gasteiger partial charge is 0.478 e. The molecule has 0 fully saturated rings. The summed E-state index contributed by atoms with van der Waals surface area (Å²) in [6, 6.07) is 12.9. The number of carbonyl (C=O) groups is 1. The lowest BCUT2D eigenvalue weighted by molar-refractivity contribution is -0.507. The number of halogens is 6. The molecule has 1 aliphatic carbocycles. The van der Waals surface area contributed by atoms with Crippen molar-refractivity contribution >= 4 is 22.6 Å². The summed E-state index contributed by atoms with van der Waals surface area (Å²) in [5, 5.41) is 13.6. The molecule has 0 saturated heterocycles. The van der Waals surface area contributed by atoms with Crippen molar-refractivity contribution in [2.75, 3.05) is 18.4 Å². The topological polar surface area (TPSA) is 76.4 Å². The first-order valence-corrected chi connectivity index (χ1v) is 12.0. The van der Waals surface area contributed by atoms with Gasteiger partial charge in [0.05, 0.1) is 18.1 Å². The summed E-state index contributed by atoms with van der Waals surface area (Å²) < 4.78 is 82.2. The second-order valence-electron chi connectivity index (χ2n) is 9.24. The number of carboxylic acids is 1. The number of rotatable bonds is 7. The number of alkyl halides is 6. The molecule has 0 bridgehead atoms. The van der Waals surface area contributed by atoms with Gasteiger partial charge in [0, 0.05) is 40.4 Å². The third kappa shape index (κ3) is 6.52. The van der Waals surface area contributed by atoms with Gasteiger partial charge in [0.1, 0.15) is 24.3 Å². The second kappa shape index (κ2) is 10.6. The van der Waals surface area contributed by atoms with Crippen LogP contribution in [0.4, 0.5) is 32.0 Å². The number of fused-ring (bicyclic) bond motifs is 2. The van der Waals surface area contributed by atoms with Gasteiger partial charge in [-0.15, -0.1) is 0 Å². The Labute approximate surface area is 219 Å². The van der Waals surface area contributed by atoms with Gasteiger partial charge >= 0.3 is 18.3 Å². The van der Waals surface area contributed by atoms with Crippen LogP contribution in [-0.4, -0.2) is 36.5 Å². The lowest BCUT2D eigenvalue weighted by atomic mass is 9.89. The third-order valence-electron chi connectivity index (χ3n) is 6.29. The molecule has 5 nitrogen and oxygen atoms in total. The molecule has 2 aromatic carbocycles. The zero-order valence-corrected chi connectivity index (χ0v) is 21.0. The molecule has 0 saturated carbocycles. The van der Waals surface area contributed by atoms with Crippen LogP contribution in [0, 0.1) is 13.8 Å². The molecule has 2 aliphatic rings. The molecular formula is C28H25F6N2O3+. The molecule has 0 unspecified atom stereocenters. The zero-order valence-electron chi connectivity index (χ0n) is 21.0. The standard InChI is InChI=1S/C28H24F6N2O3/c1-15-11-19-23(13-21(15)35-9-7-27(29,30)31)39-24-14-22(36-10-8-28(32,33)34)16(2)12-20(24)25(19)17-5-3-4-6-18(17)26(37)38/h3-6,11-14,35H,7-10H2,1-2H3,(H,37,38)/p+1. The van der Waals surface area contributed by atoms with Crippen LogP contribution in [0.1, 0.15) is 34.3 Å². The molecule has 39 heavy (non-hydrogen) atoms. The van der Waals surface area contributed by atoms with Gasteiger partial charge in [-0.25, -0.2) is 9.79 Å². The van der Waals surface area contributed by atoms with Crippen molar-refractivity contribution in [3.8, 4) is 22.5 Å². The summed E-state index contributed by atoms with van der Waals surface area (Å²) in [7, 11) is 0. The van der Waals surface area contributed by atoms with Crippen molar-refractivity contribution in [1.82, 2.24) is 0 Å². The minimum absolute atomic E-state index is 0.0290. The van der Waals surface area contributed by atoms with Crippen molar-refractivity contribution in [3.05, 3.63) is 70.6 Å². The van der Waals surface area contributed by atoms with Gasteiger partial charge in [-0.3, -0.25) is 0 Å². The Balaban J connectivity index is 1.97. The normalized spacial score (nSPS) is 12.9. The molecule has 0 amide bonds. The Morgan fingerprint density at radius 1 is 0.923 bits per heavy atom. The number of benzene rings is 3. The maximum Gasteiger partial charge on any atom is 0.395 e. The summed E-state index contributed by atoms with van der Waals surface area (Å²) in [5.41, 5.74) is 3.40. The van der Waals surface area contributed by atoms with E-state index in [1.165, 1.54) is 6.07 Å². The molecule has 4 rings (SSSR count). The molecule has 1 aliphatic heterocycles. The van der Waals surface area contributed by atoms with Crippen molar-refractivity contribution in [1.29, 1.82) is 0 Å². The first-order chi connectivity index (χ1) is 18.2. The highest BCUT2D eigenvalue weighted by Gasteiger charge is 2.29. The monoisotopic (exact) mass is 551 g/mol. The second-order valence-corrected chi connectivity index (χ2v) is 9.24. The first kappa shape index (κ1) is 28.0. The average Bonchev–Trinajstić information content (AvgIpc) is 2.82. The molecule has 11 heteroatoms. The van der Waals surface area contributed by atoms with E-state index in [2.05, 4.69) is 10.3 Å². The van der Waals surface area contributed by atoms with E-state index >= 15 is 0 Å². The van der Waals surface area contributed by atoms with Gasteiger partial charge in [-0.05, 0) is 43.2 Å². The molecule has 0 spiro atoms. The average molecular weight is 552 g/mol. The lowest BCUT2D eigenvalue weighted by Crippen LogP contribution is -2.77. The highest BCUT2D eigenvalue weighted by atomic mass is 19.4. The van der Waals surface area contributed by atoms with Crippen molar-refractivity contribution in [2.45, 2.75) is 39.0 Å². The van der Waals surface area contributed by atoms with E-state index in [1.54, 1.807) is 56.3 Å². The minimum atomic E-state index is -4.33. The van der Waals surface area contributed by atoms with Gasteiger partial charge in [0.25, 0.3) is 0 Å². The van der Waals surface area contributed by atoms with Gasteiger partial charge < -0.3 is 14.8 Å². The molecule has 0 aromatic heterocycles. The minimum Gasteiger partial charge on any atom is -0.478 e. The van der Waals surface area contributed by atoms with Crippen LogP contribution in [0.3, 0.4) is 0 Å². The molecule has 3 N–H and O–H groups in total. The molecule has 2 aromatic rings. The number of hydrogen-bond donors (Lipinski definition) is 3. The van der Waals surface area contributed by atoms with Crippen molar-refractivity contribution < 1.29 is 45.7 Å². The number of hydrogen-bond acceptors (Lipinski definition) is 3. The van der Waals surface area contributed by atoms with Gasteiger partial charge in [-0.2, -0.15) is 26.3 Å². The fourth-order valence-electron chi connectivity index (χ4n) is 4.44. The smallest absolute Gasteiger partial charge is 0.395 e. The Kier molecular flexibility index (Phi) is 7.63. The van der Waals surface area contributed by atoms with E-state index in [1.807, 2.05) is 0 Å². The number of aryl methyl sites for hydroxylation is 2. The maximum atomic E-state index is 12.7. The SMILES string of the molecule is Cc1cc2c(-c3ccccc3C(=O)O)c3cc(C)c(=[NH+]CCC(F)(F)F)cc-3oc2cc1NCCC(F)(F)F. The Bertz CT molecular complexity index is 1570. The van der Waals surface area contributed by atoms with Gasteiger partial charge in [0.2, 0.25) is 5.36 Å². The zero-order chi connectivity index (χ0) is 28.5. The van der Waals surface area contributed by atoms with Crippen LogP contribution >= 0.6 is 0 Å². The van der Waals surface area contributed by atoms with E-state index < -0.39 is 31.2 Å². The number of carboxylic acid groups (broad SMARTS) is 1. The van der Waals surface area contributed by atoms with Crippen LogP contribution in [0.5, 0.6) is 0 Å².